The molecule has 0 saturated carbocycles. The van der Waals surface area contributed by atoms with Crippen molar-refractivity contribution in [2.75, 3.05) is 31.8 Å². The van der Waals surface area contributed by atoms with Crippen LogP contribution in [0.15, 0.2) is 36.5 Å². The minimum Gasteiger partial charge on any atom is -0.493 e. The summed E-state index contributed by atoms with van der Waals surface area (Å²) in [6, 6.07) is 8.14. The van der Waals surface area contributed by atoms with Crippen LogP contribution in [-0.4, -0.2) is 45.2 Å². The van der Waals surface area contributed by atoms with Crippen LogP contribution in [0.5, 0.6) is 5.75 Å². The molecule has 2 heterocycles. The second kappa shape index (κ2) is 8.54. The molecule has 1 unspecified atom stereocenters. The minimum absolute atomic E-state index is 0.0172. The molecule has 27 heavy (non-hydrogen) atoms. The lowest BCUT2D eigenvalue weighted by molar-refractivity contribution is 0.00451. The Morgan fingerprint density at radius 3 is 2.70 bits per heavy atom. The number of hydrogen-bond acceptors (Lipinski definition) is 5. The predicted molar refractivity (Wildman–Crippen MR) is 102 cm³/mol. The predicted octanol–water partition coefficient (Wildman–Crippen LogP) is 3.62. The molecule has 3 rings (SSSR count). The number of sulfone groups is 1. The van der Waals surface area contributed by atoms with Gasteiger partial charge in [-0.15, -0.1) is 0 Å². The molecular weight excluding hydrogens is 393 g/mol. The number of pyridine rings is 1. The van der Waals surface area contributed by atoms with Crippen LogP contribution in [0.1, 0.15) is 6.42 Å². The third-order valence-corrected chi connectivity index (χ3v) is 5.79. The number of benzene rings is 1. The van der Waals surface area contributed by atoms with Crippen molar-refractivity contribution in [3.05, 3.63) is 47.4 Å². The van der Waals surface area contributed by atoms with Gasteiger partial charge in [-0.05, 0) is 42.7 Å². The molecule has 0 aliphatic carbocycles. The smallest absolute Gasteiger partial charge is 0.150 e. The summed E-state index contributed by atoms with van der Waals surface area (Å²) in [5.41, 5.74) is 0.840. The standard InChI is InChI=1S/C19H21ClFNO4S/c1-27(23,24)12-14-6-7-25-10-15(14)11-26-17-4-2-13(3-5-17)19-18(21)8-16(20)9-22-19/h2-5,8-9,14-15H,6-7,10-12H2,1H3/t14?,15-/m1/s1. The highest BCUT2D eigenvalue weighted by atomic mass is 35.5. The second-order valence-electron chi connectivity index (χ2n) is 6.80. The molecule has 1 aromatic carbocycles. The molecule has 146 valence electrons. The average molecular weight is 414 g/mol. The highest BCUT2D eigenvalue weighted by Gasteiger charge is 2.29. The van der Waals surface area contributed by atoms with Gasteiger partial charge in [-0.25, -0.2) is 12.8 Å². The lowest BCUT2D eigenvalue weighted by atomic mass is 9.91. The third kappa shape index (κ3) is 5.64. The Labute approximate surface area is 163 Å². The van der Waals surface area contributed by atoms with Gasteiger partial charge in [0.1, 0.15) is 21.3 Å². The van der Waals surface area contributed by atoms with Crippen molar-refractivity contribution in [2.24, 2.45) is 11.8 Å². The zero-order chi connectivity index (χ0) is 19.4. The summed E-state index contributed by atoms with van der Waals surface area (Å²) < 4.78 is 48.5. The first-order valence-electron chi connectivity index (χ1n) is 8.61. The molecule has 0 spiro atoms. The van der Waals surface area contributed by atoms with E-state index in [2.05, 4.69) is 4.98 Å². The zero-order valence-corrected chi connectivity index (χ0v) is 16.5. The van der Waals surface area contributed by atoms with E-state index in [1.165, 1.54) is 18.5 Å². The first-order chi connectivity index (χ1) is 12.8. The van der Waals surface area contributed by atoms with Crippen LogP contribution < -0.4 is 4.74 Å². The molecule has 2 atom stereocenters. The van der Waals surface area contributed by atoms with Gasteiger partial charge in [0.2, 0.25) is 0 Å². The molecule has 0 bridgehead atoms. The van der Waals surface area contributed by atoms with Gasteiger partial charge in [-0.1, -0.05) is 11.6 Å². The summed E-state index contributed by atoms with van der Waals surface area (Å²) in [7, 11) is -3.05. The average Bonchev–Trinajstić information content (AvgIpc) is 2.60. The Morgan fingerprint density at radius 2 is 2.04 bits per heavy atom. The fourth-order valence-electron chi connectivity index (χ4n) is 3.17. The molecule has 5 nitrogen and oxygen atoms in total. The van der Waals surface area contributed by atoms with E-state index in [1.807, 2.05) is 0 Å². The number of rotatable bonds is 6. The largest absolute Gasteiger partial charge is 0.493 e. The molecule has 1 saturated heterocycles. The number of halogens is 2. The maximum atomic E-state index is 14.0. The maximum absolute atomic E-state index is 14.0. The van der Waals surface area contributed by atoms with E-state index in [4.69, 9.17) is 21.1 Å². The lowest BCUT2D eigenvalue weighted by Crippen LogP contribution is -2.35. The zero-order valence-electron chi connectivity index (χ0n) is 14.9. The van der Waals surface area contributed by atoms with E-state index in [-0.39, 0.29) is 28.3 Å². The van der Waals surface area contributed by atoms with Gasteiger partial charge >= 0.3 is 0 Å². The highest BCUT2D eigenvalue weighted by Crippen LogP contribution is 2.27. The van der Waals surface area contributed by atoms with Gasteiger partial charge in [0.15, 0.2) is 5.82 Å². The van der Waals surface area contributed by atoms with Crippen LogP contribution in [0.25, 0.3) is 11.3 Å². The number of aromatic nitrogens is 1. The Hall–Kier alpha value is -1.70. The van der Waals surface area contributed by atoms with Gasteiger partial charge < -0.3 is 9.47 Å². The fraction of sp³-hybridized carbons (Fsp3) is 0.421. The van der Waals surface area contributed by atoms with Gasteiger partial charge in [0.25, 0.3) is 0 Å². The molecule has 0 radical (unpaired) electrons. The summed E-state index contributed by atoms with van der Waals surface area (Å²) in [6.45, 7) is 1.43. The molecule has 1 aliphatic rings. The number of hydrogen-bond donors (Lipinski definition) is 0. The van der Waals surface area contributed by atoms with Crippen LogP contribution in [0.4, 0.5) is 4.39 Å². The van der Waals surface area contributed by atoms with E-state index < -0.39 is 15.7 Å². The molecule has 8 heteroatoms. The molecule has 2 aromatic rings. The Morgan fingerprint density at radius 1 is 1.30 bits per heavy atom. The third-order valence-electron chi connectivity index (χ3n) is 4.55. The normalized spacial score (nSPS) is 20.4. The van der Waals surface area contributed by atoms with Crippen molar-refractivity contribution in [3.63, 3.8) is 0 Å². The van der Waals surface area contributed by atoms with Gasteiger partial charge in [0, 0.05) is 30.5 Å². The fourth-order valence-corrected chi connectivity index (χ4v) is 4.53. The monoisotopic (exact) mass is 413 g/mol. The van der Waals surface area contributed by atoms with Crippen molar-refractivity contribution in [1.29, 1.82) is 0 Å². The quantitative estimate of drug-likeness (QED) is 0.723. The highest BCUT2D eigenvalue weighted by molar-refractivity contribution is 7.90. The molecule has 1 aliphatic heterocycles. The summed E-state index contributed by atoms with van der Waals surface area (Å²) >= 11 is 5.73. The van der Waals surface area contributed by atoms with Crippen LogP contribution in [0, 0.1) is 17.7 Å². The molecule has 0 amide bonds. The number of nitrogens with zero attached hydrogens (tertiary/aromatic N) is 1. The van der Waals surface area contributed by atoms with Crippen molar-refractivity contribution >= 4 is 21.4 Å². The second-order valence-corrected chi connectivity index (χ2v) is 9.42. The van der Waals surface area contributed by atoms with E-state index in [1.54, 1.807) is 24.3 Å². The summed E-state index contributed by atoms with van der Waals surface area (Å²) in [4.78, 5) is 4.02. The summed E-state index contributed by atoms with van der Waals surface area (Å²) in [6.07, 6.45) is 3.36. The van der Waals surface area contributed by atoms with E-state index >= 15 is 0 Å². The first-order valence-corrected chi connectivity index (χ1v) is 11.1. The van der Waals surface area contributed by atoms with Crippen LogP contribution in [0.2, 0.25) is 5.02 Å². The van der Waals surface area contributed by atoms with Crippen LogP contribution in [-0.2, 0) is 14.6 Å². The van der Waals surface area contributed by atoms with E-state index in [0.717, 1.165) is 0 Å². The Balaban J connectivity index is 1.64. The first kappa shape index (κ1) is 20.0. The van der Waals surface area contributed by atoms with E-state index in [9.17, 15) is 12.8 Å². The van der Waals surface area contributed by atoms with Gasteiger partial charge in [0.05, 0.1) is 24.0 Å². The SMILES string of the molecule is CS(=O)(=O)CC1CCOC[C@@H]1COc1ccc(-c2ncc(Cl)cc2F)cc1. The van der Waals surface area contributed by atoms with Crippen molar-refractivity contribution < 1.29 is 22.3 Å². The topological polar surface area (TPSA) is 65.5 Å². The Kier molecular flexibility index (Phi) is 6.34. The molecule has 1 aromatic heterocycles. The molecule has 0 N–H and O–H groups in total. The minimum atomic E-state index is -3.05. The van der Waals surface area contributed by atoms with Crippen molar-refractivity contribution in [2.45, 2.75) is 6.42 Å². The molecule has 1 fully saturated rings. The maximum Gasteiger partial charge on any atom is 0.150 e. The van der Waals surface area contributed by atoms with Crippen LogP contribution in [0.3, 0.4) is 0 Å². The Bertz CT molecular complexity index is 889. The van der Waals surface area contributed by atoms with Crippen LogP contribution >= 0.6 is 11.6 Å². The van der Waals surface area contributed by atoms with Gasteiger partial charge in [-0.2, -0.15) is 0 Å². The molecular formula is C19H21ClFNO4S. The van der Waals surface area contributed by atoms with Crippen molar-refractivity contribution in [1.82, 2.24) is 4.98 Å². The van der Waals surface area contributed by atoms with E-state index in [0.29, 0.717) is 37.6 Å². The summed E-state index contributed by atoms with van der Waals surface area (Å²) in [5.74, 6) is 0.324. The summed E-state index contributed by atoms with van der Waals surface area (Å²) in [5, 5.41) is 0.245. The van der Waals surface area contributed by atoms with Crippen molar-refractivity contribution in [3.8, 4) is 17.0 Å². The lowest BCUT2D eigenvalue weighted by Gasteiger charge is -2.30. The van der Waals surface area contributed by atoms with Gasteiger partial charge in [-0.3, -0.25) is 4.98 Å². The number of ether oxygens (including phenoxy) is 2.